The molecular formula is C20H23FN2O. The van der Waals surface area contributed by atoms with E-state index in [-0.39, 0.29) is 11.6 Å². The largest absolute Gasteiger partial charge is 0.319 e. The number of carbonyl (C=O) groups is 1. The van der Waals surface area contributed by atoms with Crippen molar-refractivity contribution in [2.75, 3.05) is 18.4 Å². The highest BCUT2D eigenvalue weighted by atomic mass is 19.1. The Kier molecular flexibility index (Phi) is 5.26. The van der Waals surface area contributed by atoms with E-state index in [4.69, 9.17) is 0 Å². The van der Waals surface area contributed by atoms with E-state index in [1.54, 1.807) is 30.3 Å². The first-order valence-electron chi connectivity index (χ1n) is 8.49. The first kappa shape index (κ1) is 16.7. The average molecular weight is 326 g/mol. The molecule has 1 saturated heterocycles. The number of halogens is 1. The van der Waals surface area contributed by atoms with Gasteiger partial charge in [-0.3, -0.25) is 9.69 Å². The second kappa shape index (κ2) is 7.58. The lowest BCUT2D eigenvalue weighted by molar-refractivity contribution is 0.102. The van der Waals surface area contributed by atoms with Crippen LogP contribution in [0.4, 0.5) is 10.1 Å². The van der Waals surface area contributed by atoms with E-state index in [2.05, 4.69) is 17.1 Å². The van der Waals surface area contributed by atoms with E-state index in [9.17, 15) is 9.18 Å². The summed E-state index contributed by atoms with van der Waals surface area (Å²) in [6.45, 7) is 5.48. The van der Waals surface area contributed by atoms with E-state index in [0.29, 0.717) is 5.56 Å². The van der Waals surface area contributed by atoms with Crippen LogP contribution in [0, 0.1) is 11.7 Å². The molecule has 3 nitrogen and oxygen atoms in total. The first-order valence-corrected chi connectivity index (χ1v) is 8.49. The molecule has 4 heteroatoms. The molecular weight excluding hydrogens is 303 g/mol. The van der Waals surface area contributed by atoms with Crippen LogP contribution in [0.5, 0.6) is 0 Å². The van der Waals surface area contributed by atoms with E-state index < -0.39 is 5.82 Å². The van der Waals surface area contributed by atoms with Gasteiger partial charge in [0.05, 0.1) is 5.69 Å². The molecule has 1 N–H and O–H groups in total. The summed E-state index contributed by atoms with van der Waals surface area (Å²) >= 11 is 0. The fraction of sp³-hybridized carbons (Fsp3) is 0.350. The predicted octanol–water partition coefficient (Wildman–Crippen LogP) is 4.31. The molecule has 1 aliphatic rings. The molecule has 3 rings (SSSR count). The van der Waals surface area contributed by atoms with Crippen molar-refractivity contribution in [3.63, 3.8) is 0 Å². The molecule has 1 fully saturated rings. The van der Waals surface area contributed by atoms with E-state index in [1.807, 2.05) is 12.1 Å². The number of rotatable bonds is 4. The topological polar surface area (TPSA) is 32.3 Å². The third kappa shape index (κ3) is 4.20. The van der Waals surface area contributed by atoms with Gasteiger partial charge in [0.15, 0.2) is 0 Å². The first-order chi connectivity index (χ1) is 11.6. The highest BCUT2D eigenvalue weighted by Gasteiger charge is 2.16. The second-order valence-corrected chi connectivity index (χ2v) is 6.61. The molecule has 2 aromatic rings. The number of nitrogens with one attached hydrogen (secondary N) is 1. The van der Waals surface area contributed by atoms with Crippen LogP contribution in [0.2, 0.25) is 0 Å². The minimum Gasteiger partial charge on any atom is -0.319 e. The standard InChI is InChI=1S/C20H23FN2O/c1-15-5-4-12-23(13-15)14-16-8-10-17(11-9-16)20(24)22-19-7-3-2-6-18(19)21/h2-3,6-11,15H,4-5,12-14H2,1H3,(H,22,24)/t15-/m0/s1. The van der Waals surface area contributed by atoms with Crippen LogP contribution in [-0.2, 0) is 6.54 Å². The normalized spacial score (nSPS) is 18.3. The zero-order valence-corrected chi connectivity index (χ0v) is 14.0. The summed E-state index contributed by atoms with van der Waals surface area (Å²) in [7, 11) is 0. The molecule has 1 amide bonds. The molecule has 0 unspecified atom stereocenters. The number of likely N-dealkylation sites (tertiary alicyclic amines) is 1. The van der Waals surface area contributed by atoms with Gasteiger partial charge in [0.1, 0.15) is 5.82 Å². The van der Waals surface area contributed by atoms with Gasteiger partial charge in [0.25, 0.3) is 5.91 Å². The molecule has 0 spiro atoms. The Morgan fingerprint density at radius 1 is 1.21 bits per heavy atom. The SMILES string of the molecule is C[C@H]1CCCN(Cc2ccc(C(=O)Nc3ccccc3F)cc2)C1. The average Bonchev–Trinajstić information content (AvgIpc) is 2.57. The third-order valence-corrected chi connectivity index (χ3v) is 4.49. The van der Waals surface area contributed by atoms with Gasteiger partial charge < -0.3 is 5.32 Å². The number of benzene rings is 2. The zero-order valence-electron chi connectivity index (χ0n) is 14.0. The maximum absolute atomic E-state index is 13.6. The fourth-order valence-electron chi connectivity index (χ4n) is 3.21. The van der Waals surface area contributed by atoms with Crippen molar-refractivity contribution in [3.05, 3.63) is 65.5 Å². The van der Waals surface area contributed by atoms with Crippen molar-refractivity contribution in [1.29, 1.82) is 0 Å². The Hall–Kier alpha value is -2.20. The third-order valence-electron chi connectivity index (χ3n) is 4.49. The maximum atomic E-state index is 13.6. The lowest BCUT2D eigenvalue weighted by Gasteiger charge is -2.30. The molecule has 0 aliphatic carbocycles. The smallest absolute Gasteiger partial charge is 0.255 e. The number of hydrogen-bond donors (Lipinski definition) is 1. The van der Waals surface area contributed by atoms with Gasteiger partial charge in [-0.2, -0.15) is 0 Å². The summed E-state index contributed by atoms with van der Waals surface area (Å²) in [6.07, 6.45) is 2.57. The van der Waals surface area contributed by atoms with E-state index >= 15 is 0 Å². The summed E-state index contributed by atoms with van der Waals surface area (Å²) < 4.78 is 13.6. The summed E-state index contributed by atoms with van der Waals surface area (Å²) in [5.41, 5.74) is 1.94. The summed E-state index contributed by atoms with van der Waals surface area (Å²) in [4.78, 5) is 14.7. The van der Waals surface area contributed by atoms with Crippen LogP contribution < -0.4 is 5.32 Å². The molecule has 2 aromatic carbocycles. The van der Waals surface area contributed by atoms with Gasteiger partial charge in [0, 0.05) is 18.7 Å². The Morgan fingerprint density at radius 3 is 2.67 bits per heavy atom. The van der Waals surface area contributed by atoms with Crippen molar-refractivity contribution in [3.8, 4) is 0 Å². The second-order valence-electron chi connectivity index (χ2n) is 6.61. The van der Waals surface area contributed by atoms with Crippen LogP contribution in [-0.4, -0.2) is 23.9 Å². The fourth-order valence-corrected chi connectivity index (χ4v) is 3.21. The number of hydrogen-bond acceptors (Lipinski definition) is 2. The Labute approximate surface area is 142 Å². The van der Waals surface area contributed by atoms with Gasteiger partial charge >= 0.3 is 0 Å². The number of amides is 1. The summed E-state index contributed by atoms with van der Waals surface area (Å²) in [6, 6.07) is 13.8. The monoisotopic (exact) mass is 326 g/mol. The maximum Gasteiger partial charge on any atom is 0.255 e. The van der Waals surface area contributed by atoms with E-state index in [1.165, 1.54) is 24.5 Å². The molecule has 1 aliphatic heterocycles. The van der Waals surface area contributed by atoms with Crippen molar-refractivity contribution >= 4 is 11.6 Å². The summed E-state index contributed by atoms with van der Waals surface area (Å²) in [5.74, 6) is 0.0319. The van der Waals surface area contributed by atoms with Crippen LogP contribution in [0.3, 0.4) is 0 Å². The van der Waals surface area contributed by atoms with Gasteiger partial charge in [0.2, 0.25) is 0 Å². The number of piperidine rings is 1. The molecule has 24 heavy (non-hydrogen) atoms. The summed E-state index contributed by atoms with van der Waals surface area (Å²) in [5, 5.41) is 2.61. The molecule has 0 bridgehead atoms. The van der Waals surface area contributed by atoms with Crippen LogP contribution in [0.25, 0.3) is 0 Å². The van der Waals surface area contributed by atoms with Crippen LogP contribution in [0.15, 0.2) is 48.5 Å². The molecule has 1 atom stereocenters. The zero-order chi connectivity index (χ0) is 16.9. The van der Waals surface area contributed by atoms with Crippen molar-refractivity contribution in [2.45, 2.75) is 26.3 Å². The van der Waals surface area contributed by atoms with Gasteiger partial charge in [-0.15, -0.1) is 0 Å². The minimum atomic E-state index is -0.429. The predicted molar refractivity (Wildman–Crippen MR) is 94.5 cm³/mol. The quantitative estimate of drug-likeness (QED) is 0.908. The molecule has 126 valence electrons. The molecule has 0 radical (unpaired) electrons. The minimum absolute atomic E-state index is 0.203. The Balaban J connectivity index is 1.61. The Morgan fingerprint density at radius 2 is 1.96 bits per heavy atom. The number of nitrogens with zero attached hydrogens (tertiary/aromatic N) is 1. The highest BCUT2D eigenvalue weighted by Crippen LogP contribution is 2.19. The number of para-hydroxylation sites is 1. The Bertz CT molecular complexity index is 699. The van der Waals surface area contributed by atoms with Gasteiger partial charge in [-0.05, 0) is 55.1 Å². The van der Waals surface area contributed by atoms with Crippen molar-refractivity contribution in [2.24, 2.45) is 5.92 Å². The lowest BCUT2D eigenvalue weighted by atomic mass is 9.99. The molecule has 1 heterocycles. The molecule has 0 saturated carbocycles. The van der Waals surface area contributed by atoms with Crippen LogP contribution >= 0.6 is 0 Å². The number of anilines is 1. The van der Waals surface area contributed by atoms with Crippen molar-refractivity contribution in [1.82, 2.24) is 4.90 Å². The van der Waals surface area contributed by atoms with E-state index in [0.717, 1.165) is 25.6 Å². The highest BCUT2D eigenvalue weighted by molar-refractivity contribution is 6.04. The van der Waals surface area contributed by atoms with Gasteiger partial charge in [-0.1, -0.05) is 31.2 Å². The van der Waals surface area contributed by atoms with Crippen LogP contribution in [0.1, 0.15) is 35.7 Å². The molecule has 0 aromatic heterocycles. The van der Waals surface area contributed by atoms with Gasteiger partial charge in [-0.25, -0.2) is 4.39 Å². The van der Waals surface area contributed by atoms with Crippen molar-refractivity contribution < 1.29 is 9.18 Å². The lowest BCUT2D eigenvalue weighted by Crippen LogP contribution is -2.33. The number of carbonyl (C=O) groups excluding carboxylic acids is 1.